The molecular weight excluding hydrogens is 262 g/mol. The van der Waals surface area contributed by atoms with E-state index in [0.717, 1.165) is 6.42 Å². The van der Waals surface area contributed by atoms with Gasteiger partial charge < -0.3 is 5.11 Å². The predicted octanol–water partition coefficient (Wildman–Crippen LogP) is 0.965. The second kappa shape index (κ2) is 5.74. The lowest BCUT2D eigenvalue weighted by molar-refractivity contribution is 0.350. The quantitative estimate of drug-likeness (QED) is 0.807. The molecule has 0 amide bonds. The summed E-state index contributed by atoms with van der Waals surface area (Å²) in [5, 5.41) is 8.63. The van der Waals surface area contributed by atoms with Crippen molar-refractivity contribution in [1.82, 2.24) is 4.72 Å². The lowest BCUT2D eigenvalue weighted by atomic mass is 10.2. The Morgan fingerprint density at radius 3 is 2.84 bits per heavy atom. The highest BCUT2D eigenvalue weighted by atomic mass is 32.2. The SMILES string of the molecule is CC1CC1CNS(=O)(=O)c1cccc(C#CCO)c1. The fourth-order valence-corrected chi connectivity index (χ4v) is 3.01. The minimum absolute atomic E-state index is 0.213. The average Bonchev–Trinajstić information content (AvgIpc) is 3.11. The van der Waals surface area contributed by atoms with Crippen LogP contribution in [0.15, 0.2) is 29.2 Å². The minimum Gasteiger partial charge on any atom is -0.384 e. The summed E-state index contributed by atoms with van der Waals surface area (Å²) in [6.45, 7) is 2.37. The molecule has 0 bridgehead atoms. The van der Waals surface area contributed by atoms with Crippen LogP contribution in [0, 0.1) is 23.7 Å². The summed E-state index contributed by atoms with van der Waals surface area (Å²) < 4.78 is 26.8. The number of aliphatic hydroxyl groups is 1. The van der Waals surface area contributed by atoms with Gasteiger partial charge in [0.25, 0.3) is 0 Å². The van der Waals surface area contributed by atoms with E-state index < -0.39 is 10.0 Å². The van der Waals surface area contributed by atoms with E-state index in [0.29, 0.717) is 23.9 Å². The first kappa shape index (κ1) is 14.1. The predicted molar refractivity (Wildman–Crippen MR) is 72.9 cm³/mol. The Balaban J connectivity index is 2.10. The van der Waals surface area contributed by atoms with Crippen LogP contribution in [0.5, 0.6) is 0 Å². The van der Waals surface area contributed by atoms with E-state index in [4.69, 9.17) is 5.11 Å². The third-order valence-corrected chi connectivity index (χ3v) is 4.69. The number of aliphatic hydroxyl groups excluding tert-OH is 1. The molecule has 1 aliphatic carbocycles. The van der Waals surface area contributed by atoms with Gasteiger partial charge in [-0.15, -0.1) is 0 Å². The lowest BCUT2D eigenvalue weighted by Gasteiger charge is -2.06. The van der Waals surface area contributed by atoms with Gasteiger partial charge in [0.15, 0.2) is 0 Å². The van der Waals surface area contributed by atoms with Crippen molar-refractivity contribution in [2.45, 2.75) is 18.2 Å². The molecule has 0 aliphatic heterocycles. The van der Waals surface area contributed by atoms with Crippen LogP contribution in [-0.2, 0) is 10.0 Å². The number of nitrogens with one attached hydrogen (secondary N) is 1. The molecule has 19 heavy (non-hydrogen) atoms. The summed E-state index contributed by atoms with van der Waals surface area (Å²) in [5.41, 5.74) is 0.580. The molecule has 2 atom stereocenters. The van der Waals surface area contributed by atoms with E-state index in [9.17, 15) is 8.42 Å². The highest BCUT2D eigenvalue weighted by Gasteiger charge is 2.33. The summed E-state index contributed by atoms with van der Waals surface area (Å²) in [6.07, 6.45) is 1.09. The Bertz CT molecular complexity index is 613. The zero-order valence-electron chi connectivity index (χ0n) is 10.8. The molecule has 0 radical (unpaired) electrons. The molecule has 1 saturated carbocycles. The molecule has 2 N–H and O–H groups in total. The molecule has 102 valence electrons. The Kier molecular flexibility index (Phi) is 4.25. The number of sulfonamides is 1. The fraction of sp³-hybridized carbons (Fsp3) is 0.429. The zero-order valence-corrected chi connectivity index (χ0v) is 11.6. The molecule has 2 unspecified atom stereocenters. The molecule has 1 aromatic carbocycles. The topological polar surface area (TPSA) is 66.4 Å². The van der Waals surface area contributed by atoms with E-state index in [2.05, 4.69) is 23.5 Å². The lowest BCUT2D eigenvalue weighted by Crippen LogP contribution is -2.26. The smallest absolute Gasteiger partial charge is 0.240 e. The normalized spacial score (nSPS) is 21.6. The van der Waals surface area contributed by atoms with Gasteiger partial charge in [-0.2, -0.15) is 0 Å². The summed E-state index contributed by atoms with van der Waals surface area (Å²) >= 11 is 0. The molecule has 0 aromatic heterocycles. The van der Waals surface area contributed by atoms with E-state index in [1.807, 2.05) is 0 Å². The number of rotatable bonds is 4. The maximum absolute atomic E-state index is 12.1. The Labute approximate surface area is 113 Å². The molecular formula is C14H17NO3S. The largest absolute Gasteiger partial charge is 0.384 e. The van der Waals surface area contributed by atoms with Crippen LogP contribution in [0.25, 0.3) is 0 Å². The Morgan fingerprint density at radius 1 is 1.47 bits per heavy atom. The van der Waals surface area contributed by atoms with Crippen LogP contribution in [0.3, 0.4) is 0 Å². The van der Waals surface area contributed by atoms with Crippen molar-refractivity contribution in [3.05, 3.63) is 29.8 Å². The fourth-order valence-electron chi connectivity index (χ4n) is 1.87. The number of benzene rings is 1. The van der Waals surface area contributed by atoms with Crippen molar-refractivity contribution in [1.29, 1.82) is 0 Å². The molecule has 2 rings (SSSR count). The van der Waals surface area contributed by atoms with Crippen molar-refractivity contribution in [3.63, 3.8) is 0 Å². The van der Waals surface area contributed by atoms with Gasteiger partial charge in [0.1, 0.15) is 6.61 Å². The molecule has 1 aliphatic rings. The van der Waals surface area contributed by atoms with Crippen molar-refractivity contribution in [2.75, 3.05) is 13.2 Å². The monoisotopic (exact) mass is 279 g/mol. The molecule has 1 fully saturated rings. The average molecular weight is 279 g/mol. The van der Waals surface area contributed by atoms with Crippen LogP contribution < -0.4 is 4.72 Å². The van der Waals surface area contributed by atoms with Crippen LogP contribution in [0.4, 0.5) is 0 Å². The maximum Gasteiger partial charge on any atom is 0.240 e. The second-order valence-electron chi connectivity index (χ2n) is 4.81. The maximum atomic E-state index is 12.1. The first-order chi connectivity index (χ1) is 9.03. The first-order valence-corrected chi connectivity index (χ1v) is 7.70. The third-order valence-electron chi connectivity index (χ3n) is 3.27. The summed E-state index contributed by atoms with van der Waals surface area (Å²) in [5.74, 6) is 6.28. The minimum atomic E-state index is -3.47. The van der Waals surface area contributed by atoms with Crippen molar-refractivity contribution < 1.29 is 13.5 Å². The Morgan fingerprint density at radius 2 is 2.21 bits per heavy atom. The van der Waals surface area contributed by atoms with E-state index in [1.165, 1.54) is 6.07 Å². The molecule has 1 aromatic rings. The van der Waals surface area contributed by atoms with Crippen molar-refractivity contribution in [3.8, 4) is 11.8 Å². The van der Waals surface area contributed by atoms with Gasteiger partial charge in [0.2, 0.25) is 10.0 Å². The van der Waals surface area contributed by atoms with Gasteiger partial charge in [-0.25, -0.2) is 13.1 Å². The molecule has 5 heteroatoms. The molecule has 0 saturated heterocycles. The van der Waals surface area contributed by atoms with Crippen LogP contribution in [0.1, 0.15) is 18.9 Å². The first-order valence-electron chi connectivity index (χ1n) is 6.22. The standard InChI is InChI=1S/C14H17NO3S/c1-11-8-13(11)10-15-19(17,18)14-6-2-4-12(9-14)5-3-7-16/h2,4,6,9,11,13,15-16H,7-8,10H2,1H3. The van der Waals surface area contributed by atoms with E-state index in [-0.39, 0.29) is 11.5 Å². The van der Waals surface area contributed by atoms with Crippen molar-refractivity contribution >= 4 is 10.0 Å². The van der Waals surface area contributed by atoms with Gasteiger partial charge in [0.05, 0.1) is 4.90 Å². The van der Waals surface area contributed by atoms with Gasteiger partial charge in [-0.1, -0.05) is 24.8 Å². The highest BCUT2D eigenvalue weighted by molar-refractivity contribution is 7.89. The summed E-state index contributed by atoms with van der Waals surface area (Å²) in [6, 6.07) is 6.42. The summed E-state index contributed by atoms with van der Waals surface area (Å²) in [7, 11) is -3.47. The number of hydrogen-bond acceptors (Lipinski definition) is 3. The van der Waals surface area contributed by atoms with Crippen LogP contribution >= 0.6 is 0 Å². The highest BCUT2D eigenvalue weighted by Crippen LogP contribution is 2.37. The zero-order chi connectivity index (χ0) is 13.9. The van der Waals surface area contributed by atoms with E-state index in [1.54, 1.807) is 18.2 Å². The third kappa shape index (κ3) is 3.80. The summed E-state index contributed by atoms with van der Waals surface area (Å²) in [4.78, 5) is 0.213. The molecule has 0 heterocycles. The van der Waals surface area contributed by atoms with Gasteiger partial charge in [-0.05, 0) is 36.5 Å². The molecule has 4 nitrogen and oxygen atoms in total. The van der Waals surface area contributed by atoms with E-state index >= 15 is 0 Å². The molecule has 0 spiro atoms. The Hall–Kier alpha value is -1.35. The van der Waals surface area contributed by atoms with Gasteiger partial charge in [0, 0.05) is 12.1 Å². The van der Waals surface area contributed by atoms with Gasteiger partial charge >= 0.3 is 0 Å². The van der Waals surface area contributed by atoms with Crippen molar-refractivity contribution in [2.24, 2.45) is 11.8 Å². The van der Waals surface area contributed by atoms with Gasteiger partial charge in [-0.3, -0.25) is 0 Å². The van der Waals surface area contributed by atoms with Crippen LogP contribution in [0.2, 0.25) is 0 Å². The van der Waals surface area contributed by atoms with Crippen LogP contribution in [-0.4, -0.2) is 26.7 Å². The second-order valence-corrected chi connectivity index (χ2v) is 6.58. The number of hydrogen-bond donors (Lipinski definition) is 2.